The van der Waals surface area contributed by atoms with Gasteiger partial charge in [-0.3, -0.25) is 10.2 Å². The largest absolute Gasteiger partial charge is 0.485 e. The van der Waals surface area contributed by atoms with Crippen LogP contribution in [0.3, 0.4) is 0 Å². The molecule has 39 heavy (non-hydrogen) atoms. The number of thioether (sulfide) groups is 1. The van der Waals surface area contributed by atoms with Crippen molar-refractivity contribution < 1.29 is 14.4 Å². The Morgan fingerprint density at radius 3 is 2.69 bits per heavy atom. The Morgan fingerprint density at radius 1 is 1.10 bits per heavy atom. The molecule has 1 amide bonds. The maximum Gasteiger partial charge on any atom is 0.270 e. The van der Waals surface area contributed by atoms with E-state index in [9.17, 15) is 4.79 Å². The molecule has 8 nitrogen and oxygen atoms in total. The fourth-order valence-electron chi connectivity index (χ4n) is 3.99. The van der Waals surface area contributed by atoms with Crippen LogP contribution in [0.5, 0.6) is 5.75 Å². The van der Waals surface area contributed by atoms with Gasteiger partial charge in [0.25, 0.3) is 5.91 Å². The Balaban J connectivity index is 1.33. The second-order valence-corrected chi connectivity index (χ2v) is 10.6. The van der Waals surface area contributed by atoms with Crippen molar-refractivity contribution in [1.82, 2.24) is 14.9 Å². The van der Waals surface area contributed by atoms with Gasteiger partial charge in [0.1, 0.15) is 12.4 Å². The molecule has 4 aromatic rings. The quantitative estimate of drug-likeness (QED) is 0.204. The molecule has 0 saturated carbocycles. The Labute approximate surface area is 240 Å². The van der Waals surface area contributed by atoms with Crippen molar-refractivity contribution in [3.8, 4) is 5.75 Å². The molecule has 0 spiro atoms. The highest BCUT2D eigenvalue weighted by atomic mass is 35.5. The van der Waals surface area contributed by atoms with E-state index in [1.807, 2.05) is 48.5 Å². The topological polar surface area (TPSA) is 90.6 Å². The molecule has 0 aliphatic carbocycles. The van der Waals surface area contributed by atoms with Crippen LogP contribution >= 0.6 is 35.0 Å². The van der Waals surface area contributed by atoms with Crippen molar-refractivity contribution in [2.24, 2.45) is 5.16 Å². The lowest BCUT2D eigenvalue weighted by Gasteiger charge is -2.14. The zero-order valence-corrected chi connectivity index (χ0v) is 23.3. The van der Waals surface area contributed by atoms with Gasteiger partial charge in [0.2, 0.25) is 5.16 Å². The van der Waals surface area contributed by atoms with Crippen molar-refractivity contribution >= 4 is 46.6 Å². The molecule has 0 radical (unpaired) electrons. The predicted octanol–water partition coefficient (Wildman–Crippen LogP) is 6.92. The molecule has 1 unspecified atom stereocenters. The van der Waals surface area contributed by atoms with Gasteiger partial charge in [-0.05, 0) is 42.8 Å². The molecule has 1 atom stereocenters. The second kappa shape index (κ2) is 12.5. The lowest BCUT2D eigenvalue weighted by Crippen LogP contribution is -2.26. The smallest absolute Gasteiger partial charge is 0.270 e. The Kier molecular flexibility index (Phi) is 8.71. The number of carbonyl (C=O) groups is 1. The Hall–Kier alpha value is -3.53. The first-order chi connectivity index (χ1) is 19.0. The third-order valence-electron chi connectivity index (χ3n) is 5.92. The first kappa shape index (κ1) is 27.1. The molecule has 1 aliphatic rings. The van der Waals surface area contributed by atoms with Gasteiger partial charge in [-0.1, -0.05) is 83.4 Å². The van der Waals surface area contributed by atoms with E-state index in [1.165, 1.54) is 11.8 Å². The van der Waals surface area contributed by atoms with E-state index < -0.39 is 0 Å². The minimum atomic E-state index is -0.327. The molecule has 2 heterocycles. The number of amides is 1. The van der Waals surface area contributed by atoms with Gasteiger partial charge in [0.15, 0.2) is 11.9 Å². The van der Waals surface area contributed by atoms with Crippen molar-refractivity contribution in [3.63, 3.8) is 0 Å². The van der Waals surface area contributed by atoms with E-state index in [-0.39, 0.29) is 18.6 Å². The summed E-state index contributed by atoms with van der Waals surface area (Å²) in [6, 6.07) is 21.9. The van der Waals surface area contributed by atoms with Crippen LogP contribution < -0.4 is 10.2 Å². The van der Waals surface area contributed by atoms with Crippen LogP contribution in [0.25, 0.3) is 0 Å². The van der Waals surface area contributed by atoms with Crippen molar-refractivity contribution in [3.05, 3.63) is 105 Å². The minimum Gasteiger partial charge on any atom is -0.485 e. The molecular formula is C28H25Cl2N5O3S. The first-order valence-electron chi connectivity index (χ1n) is 12.4. The van der Waals surface area contributed by atoms with Gasteiger partial charge < -0.3 is 9.57 Å². The van der Waals surface area contributed by atoms with E-state index in [0.717, 1.165) is 29.0 Å². The number of halogens is 2. The number of para-hydroxylation sites is 1. The summed E-state index contributed by atoms with van der Waals surface area (Å²) >= 11 is 13.9. The normalized spacial score (nSPS) is 14.5. The number of oxime groups is 1. The zero-order chi connectivity index (χ0) is 27.2. The lowest BCUT2D eigenvalue weighted by molar-refractivity contribution is 0.0858. The van der Waals surface area contributed by atoms with Crippen molar-refractivity contribution in [2.45, 2.75) is 37.6 Å². The number of nitrogens with one attached hydrogen (secondary N) is 1. The van der Waals surface area contributed by atoms with E-state index in [4.69, 9.17) is 32.8 Å². The van der Waals surface area contributed by atoms with Crippen LogP contribution in [0, 0.1) is 0 Å². The van der Waals surface area contributed by atoms with E-state index in [2.05, 4.69) is 27.7 Å². The van der Waals surface area contributed by atoms with Crippen molar-refractivity contribution in [2.75, 3.05) is 11.2 Å². The van der Waals surface area contributed by atoms with Gasteiger partial charge in [-0.25, -0.2) is 4.68 Å². The maximum absolute atomic E-state index is 12.9. The summed E-state index contributed by atoms with van der Waals surface area (Å²) in [6.45, 7) is 2.16. The van der Waals surface area contributed by atoms with Crippen LogP contribution in [0.4, 0.5) is 0 Å². The lowest BCUT2D eigenvalue weighted by atomic mass is 9.99. The molecule has 11 heteroatoms. The van der Waals surface area contributed by atoms with Gasteiger partial charge in [-0.2, -0.15) is 0 Å². The average molecular weight is 583 g/mol. The van der Waals surface area contributed by atoms with Gasteiger partial charge in [0.05, 0.1) is 5.71 Å². The summed E-state index contributed by atoms with van der Waals surface area (Å²) in [4.78, 5) is 18.6. The molecule has 1 aromatic heterocycles. The predicted molar refractivity (Wildman–Crippen MR) is 153 cm³/mol. The molecule has 0 saturated heterocycles. The summed E-state index contributed by atoms with van der Waals surface area (Å²) in [7, 11) is 0. The van der Waals surface area contributed by atoms with Crippen molar-refractivity contribution in [1.29, 1.82) is 0 Å². The zero-order valence-electron chi connectivity index (χ0n) is 21.0. The minimum absolute atomic E-state index is 0.0757. The number of carbonyl (C=O) groups excluding carboxylic acids is 1. The van der Waals surface area contributed by atoms with E-state index >= 15 is 0 Å². The Bertz CT molecular complexity index is 1500. The number of benzene rings is 3. The summed E-state index contributed by atoms with van der Waals surface area (Å²) in [5, 5.41) is 14.6. The van der Waals surface area contributed by atoms with Gasteiger partial charge in [0, 0.05) is 38.9 Å². The summed E-state index contributed by atoms with van der Waals surface area (Å²) < 4.78 is 7.79. The van der Waals surface area contributed by atoms with Gasteiger partial charge in [-0.15, -0.1) is 10.2 Å². The molecule has 1 N–H and O–H groups in total. The van der Waals surface area contributed by atoms with Crippen LogP contribution in [-0.2, 0) is 11.4 Å². The molecule has 1 aliphatic heterocycles. The summed E-state index contributed by atoms with van der Waals surface area (Å²) in [5.74, 6) is 1.64. The number of aromatic nitrogens is 3. The van der Waals surface area contributed by atoms with Crippen LogP contribution in [0.1, 0.15) is 53.2 Å². The molecule has 0 fully saturated rings. The fraction of sp³-hybridized carbons (Fsp3) is 0.214. The number of hydrogen-bond donors (Lipinski definition) is 1. The standard InChI is InChI=1S/C28H25Cl2N5O3S/c1-2-14-39-28-32-31-26(35(28)33-27(36)18-8-4-3-5-9-18)17-37-24-11-7-6-10-21(24)23-16-25(38-34-23)20-13-12-19(29)15-22(20)30/h3-13,15,25H,2,14,16-17H2,1H3,(H,33,36). The van der Waals surface area contributed by atoms with Crippen LogP contribution in [0.2, 0.25) is 10.0 Å². The van der Waals surface area contributed by atoms with E-state index in [0.29, 0.717) is 38.8 Å². The molecule has 0 bridgehead atoms. The number of rotatable bonds is 10. The summed E-state index contributed by atoms with van der Waals surface area (Å²) in [5.41, 5.74) is 5.79. The highest BCUT2D eigenvalue weighted by Gasteiger charge is 2.27. The average Bonchev–Trinajstić information content (AvgIpc) is 3.59. The first-order valence-corrected chi connectivity index (χ1v) is 14.1. The number of ether oxygens (including phenoxy) is 1. The highest BCUT2D eigenvalue weighted by Crippen LogP contribution is 2.36. The van der Waals surface area contributed by atoms with Crippen LogP contribution in [0.15, 0.2) is 83.1 Å². The second-order valence-electron chi connectivity index (χ2n) is 8.68. The molecule has 200 valence electrons. The molecule has 3 aromatic carbocycles. The molecular weight excluding hydrogens is 557 g/mol. The number of nitrogens with zero attached hydrogens (tertiary/aromatic N) is 4. The SMILES string of the molecule is CCCSc1nnc(COc2ccccc2C2=NOC(c3ccc(Cl)cc3Cl)C2)n1NC(=O)c1ccccc1. The molecule has 5 rings (SSSR count). The third-order valence-corrected chi connectivity index (χ3v) is 7.62. The van der Waals surface area contributed by atoms with Crippen LogP contribution in [-0.4, -0.2) is 32.2 Å². The highest BCUT2D eigenvalue weighted by molar-refractivity contribution is 7.99. The third kappa shape index (κ3) is 6.38. The number of hydrogen-bond acceptors (Lipinski definition) is 7. The Morgan fingerprint density at radius 2 is 1.90 bits per heavy atom. The monoisotopic (exact) mass is 581 g/mol. The van der Waals surface area contributed by atoms with Gasteiger partial charge >= 0.3 is 0 Å². The fourth-order valence-corrected chi connectivity index (χ4v) is 5.28. The van der Waals surface area contributed by atoms with E-state index in [1.54, 1.807) is 28.9 Å². The summed E-state index contributed by atoms with van der Waals surface area (Å²) in [6.07, 6.45) is 1.14. The maximum atomic E-state index is 12.9.